The summed E-state index contributed by atoms with van der Waals surface area (Å²) in [5.41, 5.74) is 1.51. The van der Waals surface area contributed by atoms with Gasteiger partial charge in [0.1, 0.15) is 0 Å². The van der Waals surface area contributed by atoms with Gasteiger partial charge in [-0.25, -0.2) is 0 Å². The van der Waals surface area contributed by atoms with Crippen molar-refractivity contribution < 1.29 is 10.2 Å². The lowest BCUT2D eigenvalue weighted by molar-refractivity contribution is 0.0481. The number of halogens is 1. The van der Waals surface area contributed by atoms with E-state index in [2.05, 4.69) is 20.8 Å². The minimum absolute atomic E-state index is 0.449. The summed E-state index contributed by atoms with van der Waals surface area (Å²) in [6.45, 7) is 5.51. The summed E-state index contributed by atoms with van der Waals surface area (Å²) >= 11 is 3.59. The molecule has 106 valence electrons. The first-order valence-electron chi connectivity index (χ1n) is 6.84. The topological polar surface area (TPSA) is 43.7 Å². The zero-order valence-corrected chi connectivity index (χ0v) is 13.2. The van der Waals surface area contributed by atoms with Crippen LogP contribution in [-0.4, -0.2) is 28.9 Å². The van der Waals surface area contributed by atoms with E-state index in [0.29, 0.717) is 0 Å². The van der Waals surface area contributed by atoms with E-state index in [0.717, 1.165) is 48.1 Å². The van der Waals surface area contributed by atoms with Crippen molar-refractivity contribution in [3.05, 3.63) is 28.2 Å². The summed E-state index contributed by atoms with van der Waals surface area (Å²) in [4.78, 5) is 2.30. The Hall–Kier alpha value is -0.580. The Balaban J connectivity index is 2.18. The van der Waals surface area contributed by atoms with Gasteiger partial charge in [0, 0.05) is 17.6 Å². The summed E-state index contributed by atoms with van der Waals surface area (Å²) in [5.74, 6) is 0. The standard InChI is InChI=1S/C15H22BrNO2/c1-11(18)12-4-5-14(13(16)10-12)17-8-3-6-15(2,19)7-9-17/h4-5,10-11,18-19H,3,6-9H2,1-2H3/t11-,15?/m1/s1. The number of aliphatic hydroxyl groups is 2. The fraction of sp³-hybridized carbons (Fsp3) is 0.600. The van der Waals surface area contributed by atoms with E-state index in [-0.39, 0.29) is 0 Å². The zero-order valence-electron chi connectivity index (χ0n) is 11.6. The van der Waals surface area contributed by atoms with Gasteiger partial charge in [0.2, 0.25) is 0 Å². The SMILES string of the molecule is C[C@@H](O)c1ccc(N2CCCC(C)(O)CC2)c(Br)c1. The molecule has 0 radical (unpaired) electrons. The second kappa shape index (κ2) is 5.81. The first-order valence-corrected chi connectivity index (χ1v) is 7.63. The predicted molar refractivity (Wildman–Crippen MR) is 81.5 cm³/mol. The van der Waals surface area contributed by atoms with Crippen molar-refractivity contribution in [3.63, 3.8) is 0 Å². The Bertz CT molecular complexity index is 446. The summed E-state index contributed by atoms with van der Waals surface area (Å²) in [6, 6.07) is 5.99. The van der Waals surface area contributed by atoms with Crippen LogP contribution in [0.1, 0.15) is 44.8 Å². The van der Waals surface area contributed by atoms with Gasteiger partial charge in [0.25, 0.3) is 0 Å². The van der Waals surface area contributed by atoms with Crippen molar-refractivity contribution in [1.82, 2.24) is 0 Å². The van der Waals surface area contributed by atoms with Crippen LogP contribution in [0.5, 0.6) is 0 Å². The molecule has 1 aromatic rings. The van der Waals surface area contributed by atoms with E-state index < -0.39 is 11.7 Å². The summed E-state index contributed by atoms with van der Waals surface area (Å²) in [7, 11) is 0. The van der Waals surface area contributed by atoms with E-state index in [1.54, 1.807) is 6.92 Å². The number of nitrogens with zero attached hydrogens (tertiary/aromatic N) is 1. The van der Waals surface area contributed by atoms with E-state index in [4.69, 9.17) is 0 Å². The van der Waals surface area contributed by atoms with Crippen LogP contribution in [0.25, 0.3) is 0 Å². The lowest BCUT2D eigenvalue weighted by atomic mass is 9.98. The maximum atomic E-state index is 10.1. The highest BCUT2D eigenvalue weighted by molar-refractivity contribution is 9.10. The molecule has 1 aliphatic rings. The lowest BCUT2D eigenvalue weighted by Gasteiger charge is -2.25. The molecule has 2 N–H and O–H groups in total. The zero-order chi connectivity index (χ0) is 14.0. The average Bonchev–Trinajstić information content (AvgIpc) is 2.50. The van der Waals surface area contributed by atoms with Crippen molar-refractivity contribution in [2.75, 3.05) is 18.0 Å². The van der Waals surface area contributed by atoms with Gasteiger partial charge < -0.3 is 15.1 Å². The van der Waals surface area contributed by atoms with Crippen LogP contribution >= 0.6 is 15.9 Å². The van der Waals surface area contributed by atoms with Crippen molar-refractivity contribution in [2.45, 2.75) is 44.8 Å². The summed E-state index contributed by atoms with van der Waals surface area (Å²) in [6.07, 6.45) is 2.19. The predicted octanol–water partition coefficient (Wildman–Crippen LogP) is 3.24. The average molecular weight is 328 g/mol. The Labute approximate surface area is 123 Å². The Kier molecular flexibility index (Phi) is 4.54. The first kappa shape index (κ1) is 14.8. The minimum Gasteiger partial charge on any atom is -0.390 e. The van der Waals surface area contributed by atoms with Crippen LogP contribution in [0.3, 0.4) is 0 Å². The third-order valence-corrected chi connectivity index (χ3v) is 4.49. The van der Waals surface area contributed by atoms with Gasteiger partial charge in [0.05, 0.1) is 17.4 Å². The van der Waals surface area contributed by atoms with Gasteiger partial charge in [-0.1, -0.05) is 6.07 Å². The van der Waals surface area contributed by atoms with Crippen LogP contribution < -0.4 is 4.90 Å². The van der Waals surface area contributed by atoms with Crippen LogP contribution in [0.15, 0.2) is 22.7 Å². The molecule has 0 aromatic heterocycles. The largest absolute Gasteiger partial charge is 0.390 e. The van der Waals surface area contributed by atoms with E-state index in [9.17, 15) is 10.2 Å². The second-order valence-electron chi connectivity index (χ2n) is 5.72. The van der Waals surface area contributed by atoms with Gasteiger partial charge in [-0.3, -0.25) is 0 Å². The van der Waals surface area contributed by atoms with Gasteiger partial charge in [-0.2, -0.15) is 0 Å². The van der Waals surface area contributed by atoms with E-state index in [1.165, 1.54) is 0 Å². The normalized spacial score (nSPS) is 26.1. The highest BCUT2D eigenvalue weighted by Gasteiger charge is 2.25. The molecule has 1 unspecified atom stereocenters. The Morgan fingerprint density at radius 1 is 1.32 bits per heavy atom. The number of hydrogen-bond acceptors (Lipinski definition) is 3. The van der Waals surface area contributed by atoms with Crippen LogP contribution in [0, 0.1) is 0 Å². The Morgan fingerprint density at radius 3 is 2.68 bits per heavy atom. The third kappa shape index (κ3) is 3.71. The van der Waals surface area contributed by atoms with Crippen molar-refractivity contribution in [2.24, 2.45) is 0 Å². The molecule has 1 aliphatic heterocycles. The first-order chi connectivity index (χ1) is 8.89. The molecule has 0 bridgehead atoms. The quantitative estimate of drug-likeness (QED) is 0.876. The molecule has 1 heterocycles. The summed E-state index contributed by atoms with van der Waals surface area (Å²) in [5, 5.41) is 19.7. The minimum atomic E-state index is -0.541. The summed E-state index contributed by atoms with van der Waals surface area (Å²) < 4.78 is 1.01. The van der Waals surface area contributed by atoms with Crippen molar-refractivity contribution in [1.29, 1.82) is 0 Å². The lowest BCUT2D eigenvalue weighted by Crippen LogP contribution is -2.28. The van der Waals surface area contributed by atoms with Gasteiger partial charge in [0.15, 0.2) is 0 Å². The van der Waals surface area contributed by atoms with Crippen molar-refractivity contribution in [3.8, 4) is 0 Å². The number of benzene rings is 1. The molecule has 4 heteroatoms. The third-order valence-electron chi connectivity index (χ3n) is 3.86. The molecule has 3 nitrogen and oxygen atoms in total. The maximum absolute atomic E-state index is 10.1. The molecular weight excluding hydrogens is 306 g/mol. The number of anilines is 1. The molecule has 19 heavy (non-hydrogen) atoms. The van der Waals surface area contributed by atoms with Gasteiger partial charge in [-0.05, 0) is 66.7 Å². The van der Waals surface area contributed by atoms with Crippen LogP contribution in [-0.2, 0) is 0 Å². The highest BCUT2D eigenvalue weighted by Crippen LogP contribution is 2.32. The van der Waals surface area contributed by atoms with E-state index >= 15 is 0 Å². The number of rotatable bonds is 2. The molecule has 0 aliphatic carbocycles. The highest BCUT2D eigenvalue weighted by atomic mass is 79.9. The maximum Gasteiger partial charge on any atom is 0.0762 e. The molecule has 1 fully saturated rings. The van der Waals surface area contributed by atoms with E-state index in [1.807, 2.05) is 25.1 Å². The fourth-order valence-electron chi connectivity index (χ4n) is 2.54. The van der Waals surface area contributed by atoms with Crippen molar-refractivity contribution >= 4 is 21.6 Å². The second-order valence-corrected chi connectivity index (χ2v) is 6.58. The fourth-order valence-corrected chi connectivity index (χ4v) is 3.19. The molecule has 1 aromatic carbocycles. The van der Waals surface area contributed by atoms with Crippen LogP contribution in [0.4, 0.5) is 5.69 Å². The molecule has 0 amide bonds. The Morgan fingerprint density at radius 2 is 2.05 bits per heavy atom. The number of aliphatic hydroxyl groups excluding tert-OH is 1. The van der Waals surface area contributed by atoms with Gasteiger partial charge >= 0.3 is 0 Å². The molecule has 0 saturated carbocycles. The number of hydrogen-bond donors (Lipinski definition) is 2. The molecule has 2 rings (SSSR count). The van der Waals surface area contributed by atoms with Gasteiger partial charge in [-0.15, -0.1) is 0 Å². The molecule has 0 spiro atoms. The van der Waals surface area contributed by atoms with Crippen LogP contribution in [0.2, 0.25) is 0 Å². The monoisotopic (exact) mass is 327 g/mol. The smallest absolute Gasteiger partial charge is 0.0762 e. The molecular formula is C15H22BrNO2. The molecule has 1 saturated heterocycles. The molecule has 2 atom stereocenters.